The first kappa shape index (κ1) is 18.8. The van der Waals surface area contributed by atoms with Crippen molar-refractivity contribution >= 4 is 47.6 Å². The van der Waals surface area contributed by atoms with Crippen LogP contribution in [0.5, 0.6) is 0 Å². The maximum Gasteiger partial charge on any atom is 0.514 e. The van der Waals surface area contributed by atoms with Gasteiger partial charge in [0.25, 0.3) is 0 Å². The van der Waals surface area contributed by atoms with Crippen LogP contribution in [0.2, 0.25) is 0 Å². The molecule has 1 saturated heterocycles. The molecule has 0 bridgehead atoms. The van der Waals surface area contributed by atoms with Gasteiger partial charge in [-0.15, -0.1) is 12.4 Å². The molecule has 3 aliphatic rings. The number of fused-ring (bicyclic) bond motifs is 5. The largest absolute Gasteiger partial charge is 0.514 e. The average molecular weight is 396 g/mol. The average Bonchev–Trinajstić information content (AvgIpc) is 3.17. The van der Waals surface area contributed by atoms with Crippen molar-refractivity contribution in [2.75, 3.05) is 13.1 Å². The van der Waals surface area contributed by atoms with E-state index in [0.29, 0.717) is 5.76 Å². The van der Waals surface area contributed by atoms with Crippen molar-refractivity contribution in [3.8, 4) is 0 Å². The molecule has 0 unspecified atom stereocenters. The molecule has 1 aliphatic heterocycles. The molecule has 28 heavy (non-hydrogen) atoms. The van der Waals surface area contributed by atoms with E-state index in [9.17, 15) is 4.79 Å². The molecule has 5 heteroatoms. The van der Waals surface area contributed by atoms with Crippen molar-refractivity contribution in [2.45, 2.75) is 25.4 Å². The van der Waals surface area contributed by atoms with E-state index in [0.717, 1.165) is 37.6 Å². The van der Waals surface area contributed by atoms with Crippen molar-refractivity contribution in [1.82, 2.24) is 5.32 Å². The van der Waals surface area contributed by atoms with Crippen LogP contribution in [0.3, 0.4) is 0 Å². The highest BCUT2D eigenvalue weighted by molar-refractivity contribution is 5.96. The second-order valence-electron chi connectivity index (χ2n) is 7.20. The Hall–Kier alpha value is -2.56. The summed E-state index contributed by atoms with van der Waals surface area (Å²) >= 11 is 0. The Labute approximate surface area is 169 Å². The zero-order chi connectivity index (χ0) is 18.2. The molecular formula is C23H22ClNO3. The summed E-state index contributed by atoms with van der Waals surface area (Å²) in [5.41, 5.74) is 2.56. The second-order valence-corrected chi connectivity index (χ2v) is 7.20. The molecular weight excluding hydrogens is 374 g/mol. The predicted molar refractivity (Wildman–Crippen MR) is 114 cm³/mol. The Morgan fingerprint density at radius 2 is 1.82 bits per heavy atom. The number of carbonyl (C=O) groups is 1. The smallest absolute Gasteiger partial charge is 0.431 e. The number of hydrogen-bond acceptors (Lipinski definition) is 4. The van der Waals surface area contributed by atoms with E-state index in [4.69, 9.17) is 9.47 Å². The summed E-state index contributed by atoms with van der Waals surface area (Å²) in [7, 11) is 0. The van der Waals surface area contributed by atoms with E-state index >= 15 is 0 Å². The van der Waals surface area contributed by atoms with Crippen molar-refractivity contribution in [3.63, 3.8) is 0 Å². The van der Waals surface area contributed by atoms with Crippen molar-refractivity contribution in [1.29, 1.82) is 0 Å². The van der Waals surface area contributed by atoms with Crippen molar-refractivity contribution in [2.24, 2.45) is 0 Å². The predicted octanol–water partition coefficient (Wildman–Crippen LogP) is 3.19. The number of benzene rings is 2. The summed E-state index contributed by atoms with van der Waals surface area (Å²) in [4.78, 5) is 12.1. The lowest BCUT2D eigenvalue weighted by molar-refractivity contribution is 0.0314. The monoisotopic (exact) mass is 395 g/mol. The Morgan fingerprint density at radius 1 is 1.04 bits per heavy atom. The Morgan fingerprint density at radius 3 is 2.68 bits per heavy atom. The van der Waals surface area contributed by atoms with E-state index in [1.807, 2.05) is 12.2 Å². The summed E-state index contributed by atoms with van der Waals surface area (Å²) in [6.45, 7) is 1.76. The third kappa shape index (κ3) is 3.46. The molecule has 1 fully saturated rings. The van der Waals surface area contributed by atoms with Crippen LogP contribution < -0.4 is 15.8 Å². The van der Waals surface area contributed by atoms with Crippen LogP contribution in [0.4, 0.5) is 4.79 Å². The Bertz CT molecular complexity index is 1110. The van der Waals surface area contributed by atoms with Crippen LogP contribution >= 0.6 is 12.4 Å². The third-order valence-electron chi connectivity index (χ3n) is 5.52. The standard InChI is InChI=1S/C23H21NO3.ClH/c25-23(26-17-10-12-24-13-11-17)27-18-6-9-20-16(14-18)5-8-21-19-3-1-2-15(19)4-7-22(20)21;/h1-8,14,17,24H,9-13H2;1H. The number of halogens is 1. The molecule has 144 valence electrons. The van der Waals surface area contributed by atoms with Gasteiger partial charge in [-0.25, -0.2) is 4.79 Å². The minimum absolute atomic E-state index is 0. The van der Waals surface area contributed by atoms with E-state index < -0.39 is 6.16 Å². The van der Waals surface area contributed by atoms with Gasteiger partial charge in [-0.3, -0.25) is 0 Å². The number of ether oxygens (including phenoxy) is 2. The van der Waals surface area contributed by atoms with Gasteiger partial charge in [0.2, 0.25) is 0 Å². The lowest BCUT2D eigenvalue weighted by Gasteiger charge is -2.22. The fourth-order valence-corrected chi connectivity index (χ4v) is 4.12. The van der Waals surface area contributed by atoms with Gasteiger partial charge in [0.05, 0.1) is 0 Å². The van der Waals surface area contributed by atoms with Crippen molar-refractivity contribution < 1.29 is 14.3 Å². The molecule has 2 aromatic rings. The molecule has 0 aromatic heterocycles. The normalized spacial score (nSPS) is 17.5. The maximum absolute atomic E-state index is 12.1. The fraction of sp³-hybridized carbons (Fsp3) is 0.261. The summed E-state index contributed by atoms with van der Waals surface area (Å²) < 4.78 is 10.9. The number of hydrogen-bond donors (Lipinski definition) is 1. The van der Waals surface area contributed by atoms with E-state index in [1.165, 1.54) is 27.1 Å². The molecule has 2 aromatic carbocycles. The highest BCUT2D eigenvalue weighted by atomic mass is 35.5. The fourth-order valence-electron chi connectivity index (χ4n) is 4.12. The highest BCUT2D eigenvalue weighted by Gasteiger charge is 2.20. The molecule has 0 amide bonds. The highest BCUT2D eigenvalue weighted by Crippen LogP contribution is 2.23. The molecule has 2 aliphatic carbocycles. The van der Waals surface area contributed by atoms with Gasteiger partial charge in [-0.05, 0) is 76.8 Å². The molecule has 4 nitrogen and oxygen atoms in total. The van der Waals surface area contributed by atoms with Crippen LogP contribution in [-0.4, -0.2) is 25.3 Å². The first-order valence-corrected chi connectivity index (χ1v) is 9.52. The van der Waals surface area contributed by atoms with Gasteiger partial charge in [-0.2, -0.15) is 0 Å². The van der Waals surface area contributed by atoms with E-state index in [1.54, 1.807) is 0 Å². The first-order chi connectivity index (χ1) is 13.3. The zero-order valence-electron chi connectivity index (χ0n) is 15.4. The number of piperidine rings is 1. The number of rotatable bonds is 2. The van der Waals surface area contributed by atoms with Gasteiger partial charge >= 0.3 is 6.16 Å². The van der Waals surface area contributed by atoms with Crippen LogP contribution in [0, 0.1) is 0 Å². The SMILES string of the molecule is Cl.O=C(OC1=CCc2c(ccc3c4c(ccc23)=CC=C4)=C1)OC1CCNCC1. The summed E-state index contributed by atoms with van der Waals surface area (Å²) in [6.07, 6.45) is 12.0. The number of nitrogens with one attached hydrogen (secondary N) is 1. The van der Waals surface area contributed by atoms with Crippen LogP contribution in [0.1, 0.15) is 24.0 Å². The molecule has 0 spiro atoms. The maximum atomic E-state index is 12.1. The van der Waals surface area contributed by atoms with E-state index in [2.05, 4.69) is 47.8 Å². The topological polar surface area (TPSA) is 47.6 Å². The quantitative estimate of drug-likeness (QED) is 0.793. The minimum Gasteiger partial charge on any atom is -0.431 e. The zero-order valence-corrected chi connectivity index (χ0v) is 16.3. The number of allylic oxidation sites excluding steroid dienone is 3. The van der Waals surface area contributed by atoms with Gasteiger partial charge < -0.3 is 14.8 Å². The molecule has 5 rings (SSSR count). The lowest BCUT2D eigenvalue weighted by Crippen LogP contribution is -2.33. The minimum atomic E-state index is -0.605. The van der Waals surface area contributed by atoms with Gasteiger partial charge in [0, 0.05) is 0 Å². The molecule has 1 N–H and O–H groups in total. The van der Waals surface area contributed by atoms with Crippen LogP contribution in [0.15, 0.2) is 42.2 Å². The van der Waals surface area contributed by atoms with Gasteiger partial charge in [0.1, 0.15) is 11.9 Å². The van der Waals surface area contributed by atoms with Gasteiger partial charge in [0.15, 0.2) is 0 Å². The first-order valence-electron chi connectivity index (χ1n) is 9.52. The Balaban J connectivity index is 0.00000192. The van der Waals surface area contributed by atoms with Crippen LogP contribution in [-0.2, 0) is 15.9 Å². The van der Waals surface area contributed by atoms with Gasteiger partial charge in [-0.1, -0.05) is 42.5 Å². The molecule has 0 saturated carbocycles. The lowest BCUT2D eigenvalue weighted by atomic mass is 9.94. The molecule has 0 atom stereocenters. The van der Waals surface area contributed by atoms with E-state index in [-0.39, 0.29) is 18.5 Å². The second kappa shape index (κ2) is 7.82. The van der Waals surface area contributed by atoms with Crippen molar-refractivity contribution in [3.05, 3.63) is 63.7 Å². The third-order valence-corrected chi connectivity index (χ3v) is 5.52. The van der Waals surface area contributed by atoms with Crippen LogP contribution in [0.25, 0.3) is 29.0 Å². The molecule has 0 radical (unpaired) electrons. The summed E-state index contributed by atoms with van der Waals surface area (Å²) in [6, 6.07) is 8.63. The Kier molecular flexibility index (Phi) is 5.25. The summed E-state index contributed by atoms with van der Waals surface area (Å²) in [5, 5.41) is 8.15. The number of carbonyl (C=O) groups excluding carboxylic acids is 1. The molecule has 1 heterocycles. The summed E-state index contributed by atoms with van der Waals surface area (Å²) in [5.74, 6) is 0.565.